The highest BCUT2D eigenvalue weighted by molar-refractivity contribution is 7.89. The molecule has 0 saturated carbocycles. The summed E-state index contributed by atoms with van der Waals surface area (Å²) in [5.41, 5.74) is 0. The Morgan fingerprint density at radius 3 is 2.82 bits per heavy atom. The minimum absolute atomic E-state index is 0.0371. The molecule has 0 amide bonds. The number of para-hydroxylation sites is 1. The predicted octanol–water partition coefficient (Wildman–Crippen LogP) is 0.335. The quantitative estimate of drug-likeness (QED) is 0.815. The molecule has 0 aliphatic carbocycles. The summed E-state index contributed by atoms with van der Waals surface area (Å²) in [7, 11) is -2.04. The van der Waals surface area contributed by atoms with Gasteiger partial charge in [0.05, 0.1) is 7.11 Å². The normalized spacial score (nSPS) is 20.4. The topological polar surface area (TPSA) is 67.4 Å². The van der Waals surface area contributed by atoms with Crippen molar-refractivity contribution in [3.05, 3.63) is 24.3 Å². The molecular weight excluding hydrogens is 240 g/mol. The lowest BCUT2D eigenvalue weighted by atomic mass is 10.3. The second-order valence-electron chi connectivity index (χ2n) is 3.96. The monoisotopic (exact) mass is 256 g/mol. The van der Waals surface area contributed by atoms with E-state index in [1.54, 1.807) is 24.3 Å². The number of methoxy groups -OCH3 is 1. The van der Waals surface area contributed by atoms with Crippen molar-refractivity contribution in [3.63, 3.8) is 0 Å². The van der Waals surface area contributed by atoms with E-state index in [9.17, 15) is 8.42 Å². The van der Waals surface area contributed by atoms with Crippen LogP contribution in [0.5, 0.6) is 5.75 Å². The lowest BCUT2D eigenvalue weighted by Crippen LogP contribution is -2.36. The van der Waals surface area contributed by atoms with Crippen LogP contribution in [0.4, 0.5) is 0 Å². The highest BCUT2D eigenvalue weighted by Gasteiger charge is 2.24. The number of ether oxygens (including phenoxy) is 1. The van der Waals surface area contributed by atoms with Gasteiger partial charge in [-0.3, -0.25) is 0 Å². The Bertz CT molecular complexity index is 481. The molecule has 0 unspecified atom stereocenters. The Labute approximate surface area is 101 Å². The Hall–Kier alpha value is -1.11. The fourth-order valence-electron chi connectivity index (χ4n) is 1.88. The van der Waals surface area contributed by atoms with Crippen molar-refractivity contribution in [3.8, 4) is 5.75 Å². The molecule has 0 aromatic heterocycles. The maximum atomic E-state index is 12.1. The van der Waals surface area contributed by atoms with Gasteiger partial charge in [-0.2, -0.15) is 0 Å². The molecule has 0 radical (unpaired) electrons. The van der Waals surface area contributed by atoms with Crippen LogP contribution in [-0.2, 0) is 10.0 Å². The van der Waals surface area contributed by atoms with Gasteiger partial charge in [-0.25, -0.2) is 13.1 Å². The summed E-state index contributed by atoms with van der Waals surface area (Å²) in [5.74, 6) is 0.367. The Morgan fingerprint density at radius 1 is 1.41 bits per heavy atom. The molecule has 5 nitrogen and oxygen atoms in total. The SMILES string of the molecule is COc1ccccc1S(=O)(=O)N[C@H]1CCNC1. The second-order valence-corrected chi connectivity index (χ2v) is 5.64. The number of sulfonamides is 1. The molecule has 1 aliphatic rings. The number of rotatable bonds is 4. The van der Waals surface area contributed by atoms with E-state index in [4.69, 9.17) is 4.74 Å². The highest BCUT2D eigenvalue weighted by atomic mass is 32.2. The van der Waals surface area contributed by atoms with Crippen LogP contribution in [0.1, 0.15) is 6.42 Å². The van der Waals surface area contributed by atoms with Crippen LogP contribution in [0.15, 0.2) is 29.2 Å². The maximum Gasteiger partial charge on any atom is 0.244 e. The van der Waals surface area contributed by atoms with Crippen molar-refractivity contribution >= 4 is 10.0 Å². The first-order chi connectivity index (χ1) is 8.13. The number of nitrogens with one attached hydrogen (secondary N) is 2. The number of hydrogen-bond acceptors (Lipinski definition) is 4. The van der Waals surface area contributed by atoms with E-state index in [1.807, 2.05) is 0 Å². The Morgan fingerprint density at radius 2 is 2.18 bits per heavy atom. The predicted molar refractivity (Wildman–Crippen MR) is 64.6 cm³/mol. The van der Waals surface area contributed by atoms with E-state index < -0.39 is 10.0 Å². The first-order valence-electron chi connectivity index (χ1n) is 5.49. The van der Waals surface area contributed by atoms with Crippen molar-refractivity contribution in [2.24, 2.45) is 0 Å². The zero-order valence-electron chi connectivity index (χ0n) is 9.64. The molecular formula is C11H16N2O3S. The highest BCUT2D eigenvalue weighted by Crippen LogP contribution is 2.23. The summed E-state index contributed by atoms with van der Waals surface area (Å²) in [5, 5.41) is 3.12. The molecule has 6 heteroatoms. The first-order valence-corrected chi connectivity index (χ1v) is 6.98. The minimum atomic E-state index is -3.50. The molecule has 1 saturated heterocycles. The van der Waals surface area contributed by atoms with Crippen molar-refractivity contribution in [1.29, 1.82) is 0 Å². The van der Waals surface area contributed by atoms with Crippen LogP contribution in [0, 0.1) is 0 Å². The van der Waals surface area contributed by atoms with Crippen molar-refractivity contribution in [1.82, 2.24) is 10.0 Å². The fourth-order valence-corrected chi connectivity index (χ4v) is 3.32. The molecule has 1 fully saturated rings. The summed E-state index contributed by atoms with van der Waals surface area (Å²) < 4.78 is 32.0. The number of hydrogen-bond donors (Lipinski definition) is 2. The molecule has 1 aromatic rings. The van der Waals surface area contributed by atoms with Gasteiger partial charge >= 0.3 is 0 Å². The molecule has 1 heterocycles. The van der Waals surface area contributed by atoms with E-state index in [-0.39, 0.29) is 10.9 Å². The molecule has 17 heavy (non-hydrogen) atoms. The third-order valence-electron chi connectivity index (χ3n) is 2.74. The van der Waals surface area contributed by atoms with Gasteiger partial charge < -0.3 is 10.1 Å². The molecule has 2 rings (SSSR count). The zero-order chi connectivity index (χ0) is 12.3. The molecule has 94 valence electrons. The van der Waals surface area contributed by atoms with Crippen LogP contribution in [-0.4, -0.2) is 34.7 Å². The van der Waals surface area contributed by atoms with Crippen molar-refractivity contribution in [2.45, 2.75) is 17.4 Å². The van der Waals surface area contributed by atoms with Crippen LogP contribution >= 0.6 is 0 Å². The summed E-state index contributed by atoms with van der Waals surface area (Å²) in [6.07, 6.45) is 0.814. The van der Waals surface area contributed by atoms with Gasteiger partial charge in [0.1, 0.15) is 10.6 Å². The fraction of sp³-hybridized carbons (Fsp3) is 0.455. The molecule has 0 spiro atoms. The Kier molecular flexibility index (Phi) is 3.66. The maximum absolute atomic E-state index is 12.1. The van der Waals surface area contributed by atoms with Gasteiger partial charge in [0, 0.05) is 12.6 Å². The largest absolute Gasteiger partial charge is 0.495 e. The molecule has 2 N–H and O–H groups in total. The molecule has 1 aliphatic heterocycles. The van der Waals surface area contributed by atoms with Gasteiger partial charge in [-0.15, -0.1) is 0 Å². The van der Waals surface area contributed by atoms with Crippen molar-refractivity contribution in [2.75, 3.05) is 20.2 Å². The average Bonchev–Trinajstić information content (AvgIpc) is 2.81. The van der Waals surface area contributed by atoms with E-state index in [1.165, 1.54) is 7.11 Å². The van der Waals surface area contributed by atoms with Crippen LogP contribution in [0.3, 0.4) is 0 Å². The average molecular weight is 256 g/mol. The molecule has 1 atom stereocenters. The molecule has 1 aromatic carbocycles. The zero-order valence-corrected chi connectivity index (χ0v) is 10.5. The van der Waals surface area contributed by atoms with E-state index in [2.05, 4.69) is 10.0 Å². The summed E-state index contributed by atoms with van der Waals surface area (Å²) in [6.45, 7) is 1.52. The smallest absolute Gasteiger partial charge is 0.244 e. The minimum Gasteiger partial charge on any atom is -0.495 e. The van der Waals surface area contributed by atoms with Crippen molar-refractivity contribution < 1.29 is 13.2 Å². The van der Waals surface area contributed by atoms with E-state index in [0.717, 1.165) is 13.0 Å². The Balaban J connectivity index is 2.24. The lowest BCUT2D eigenvalue weighted by molar-refractivity contribution is 0.402. The second kappa shape index (κ2) is 5.03. The van der Waals surface area contributed by atoms with Gasteiger partial charge in [-0.1, -0.05) is 12.1 Å². The first kappa shape index (κ1) is 12.3. The van der Waals surface area contributed by atoms with Gasteiger partial charge in [-0.05, 0) is 25.1 Å². The van der Waals surface area contributed by atoms with Gasteiger partial charge in [0.2, 0.25) is 10.0 Å². The van der Waals surface area contributed by atoms with Gasteiger partial charge in [0.25, 0.3) is 0 Å². The third-order valence-corrected chi connectivity index (χ3v) is 4.30. The summed E-state index contributed by atoms with van der Waals surface area (Å²) >= 11 is 0. The third kappa shape index (κ3) is 2.77. The molecule has 0 bridgehead atoms. The van der Waals surface area contributed by atoms with E-state index in [0.29, 0.717) is 12.3 Å². The van der Waals surface area contributed by atoms with Gasteiger partial charge in [0.15, 0.2) is 0 Å². The van der Waals surface area contributed by atoms with Crippen LogP contribution in [0.2, 0.25) is 0 Å². The summed E-state index contributed by atoms with van der Waals surface area (Å²) in [6, 6.07) is 6.58. The van der Waals surface area contributed by atoms with Crippen LogP contribution in [0.25, 0.3) is 0 Å². The lowest BCUT2D eigenvalue weighted by Gasteiger charge is -2.14. The van der Waals surface area contributed by atoms with Crippen LogP contribution < -0.4 is 14.8 Å². The van der Waals surface area contributed by atoms with E-state index >= 15 is 0 Å². The standard InChI is InChI=1S/C11H16N2O3S/c1-16-10-4-2-3-5-11(10)17(14,15)13-9-6-7-12-8-9/h2-5,9,12-13H,6-8H2,1H3/t9-/m0/s1. The number of benzene rings is 1. The summed E-state index contributed by atoms with van der Waals surface area (Å²) in [4.78, 5) is 0.189.